The fourth-order valence-corrected chi connectivity index (χ4v) is 2.85. The molecule has 1 aromatic carbocycles. The number of methoxy groups -OCH3 is 1. The van der Waals surface area contributed by atoms with Gasteiger partial charge in [-0.05, 0) is 11.8 Å². The van der Waals surface area contributed by atoms with Gasteiger partial charge in [0.15, 0.2) is 23.3 Å². The Kier molecular flexibility index (Phi) is 5.26. The third kappa shape index (κ3) is 3.24. The summed E-state index contributed by atoms with van der Waals surface area (Å²) in [5, 5.41) is 8.72. The molecule has 0 aromatic heterocycles. The summed E-state index contributed by atoms with van der Waals surface area (Å²) in [7, 11) is 1.09. The molecule has 3 nitrogen and oxygen atoms in total. The third-order valence-corrected chi connectivity index (χ3v) is 4.35. The van der Waals surface area contributed by atoms with Crippen molar-refractivity contribution in [3.8, 4) is 6.07 Å². The minimum absolute atomic E-state index is 0.123. The smallest absolute Gasteiger partial charge is 0.334 e. The van der Waals surface area contributed by atoms with Crippen LogP contribution in [0.5, 0.6) is 0 Å². The van der Waals surface area contributed by atoms with E-state index in [2.05, 4.69) is 4.74 Å². The fraction of sp³-hybridized carbons (Fsp3) is 0.368. The van der Waals surface area contributed by atoms with Crippen molar-refractivity contribution in [1.29, 1.82) is 5.26 Å². The molecule has 0 fully saturated rings. The van der Waals surface area contributed by atoms with E-state index in [4.69, 9.17) is 5.26 Å². The topological polar surface area (TPSA) is 50.1 Å². The Morgan fingerprint density at radius 1 is 1.15 bits per heavy atom. The minimum atomic E-state index is -1.79. The number of hydrogen-bond acceptors (Lipinski definition) is 3. The van der Waals surface area contributed by atoms with Crippen molar-refractivity contribution in [3.05, 3.63) is 57.7 Å². The summed E-state index contributed by atoms with van der Waals surface area (Å²) in [5.74, 6) is -9.22. The first-order valence-electron chi connectivity index (χ1n) is 7.80. The summed E-state index contributed by atoms with van der Waals surface area (Å²) >= 11 is 0. The number of carbonyl (C=O) groups is 1. The maximum atomic E-state index is 14.5. The molecule has 2 rings (SSSR count). The van der Waals surface area contributed by atoms with Crippen LogP contribution in [0.2, 0.25) is 0 Å². The first-order valence-corrected chi connectivity index (χ1v) is 7.80. The third-order valence-electron chi connectivity index (χ3n) is 4.35. The van der Waals surface area contributed by atoms with E-state index in [1.807, 2.05) is 20.8 Å². The highest BCUT2D eigenvalue weighted by atomic mass is 19.2. The van der Waals surface area contributed by atoms with Gasteiger partial charge in [0.2, 0.25) is 0 Å². The highest BCUT2D eigenvalue weighted by Gasteiger charge is 2.36. The average molecular weight is 367 g/mol. The highest BCUT2D eigenvalue weighted by Crippen LogP contribution is 2.42. The van der Waals surface area contributed by atoms with Crippen molar-refractivity contribution < 1.29 is 27.1 Å². The second kappa shape index (κ2) is 6.94. The van der Waals surface area contributed by atoms with E-state index in [0.717, 1.165) is 18.8 Å². The lowest BCUT2D eigenvalue weighted by atomic mass is 9.75. The molecule has 0 heterocycles. The van der Waals surface area contributed by atoms with E-state index in [1.165, 1.54) is 12.2 Å². The van der Waals surface area contributed by atoms with Crippen molar-refractivity contribution in [3.63, 3.8) is 0 Å². The Morgan fingerprint density at radius 2 is 1.69 bits per heavy atom. The number of carbonyl (C=O) groups excluding carboxylic acids is 1. The van der Waals surface area contributed by atoms with Gasteiger partial charge in [0, 0.05) is 17.1 Å². The summed E-state index contributed by atoms with van der Waals surface area (Å²) in [6.07, 6.45) is 3.18. The Hall–Kier alpha value is -2.62. The quantitative estimate of drug-likeness (QED) is 0.330. The molecule has 0 saturated carbocycles. The van der Waals surface area contributed by atoms with Crippen molar-refractivity contribution in [2.75, 3.05) is 7.11 Å². The number of rotatable bonds is 2. The van der Waals surface area contributed by atoms with Gasteiger partial charge in [0.05, 0.1) is 7.11 Å². The Balaban J connectivity index is 2.78. The molecule has 1 aliphatic carbocycles. The zero-order valence-electron chi connectivity index (χ0n) is 14.7. The molecule has 138 valence electrons. The predicted molar refractivity (Wildman–Crippen MR) is 86.0 cm³/mol. The van der Waals surface area contributed by atoms with E-state index in [1.54, 1.807) is 0 Å². The first kappa shape index (κ1) is 19.7. The van der Waals surface area contributed by atoms with Gasteiger partial charge < -0.3 is 4.74 Å². The Bertz CT molecular complexity index is 844. The molecule has 1 unspecified atom stereocenters. The SMILES string of the molecule is COC(=O)C1=CCC(C(C)(C)C)=CC1c1c(F)c(F)c(C#N)c(F)c1F. The van der Waals surface area contributed by atoms with Crippen LogP contribution in [0.1, 0.15) is 44.2 Å². The van der Waals surface area contributed by atoms with Gasteiger partial charge >= 0.3 is 5.97 Å². The molecular weight excluding hydrogens is 350 g/mol. The van der Waals surface area contributed by atoms with Crippen LogP contribution >= 0.6 is 0 Å². The summed E-state index contributed by atoms with van der Waals surface area (Å²) in [4.78, 5) is 12.0. The van der Waals surface area contributed by atoms with Crippen LogP contribution in [0.4, 0.5) is 17.6 Å². The summed E-state index contributed by atoms with van der Waals surface area (Å²) < 4.78 is 61.7. The maximum absolute atomic E-state index is 14.5. The Labute approximate surface area is 148 Å². The normalized spacial score (nSPS) is 17.3. The number of esters is 1. The number of halogens is 4. The van der Waals surface area contributed by atoms with Gasteiger partial charge in [-0.2, -0.15) is 5.26 Å². The molecule has 1 atom stereocenters. The van der Waals surface area contributed by atoms with Gasteiger partial charge in [-0.1, -0.05) is 38.5 Å². The summed E-state index contributed by atoms with van der Waals surface area (Å²) in [6, 6.07) is 1.10. The minimum Gasteiger partial charge on any atom is -0.466 e. The van der Waals surface area contributed by atoms with Crippen LogP contribution in [-0.2, 0) is 9.53 Å². The van der Waals surface area contributed by atoms with Gasteiger partial charge in [-0.25, -0.2) is 22.4 Å². The lowest BCUT2D eigenvalue weighted by Gasteiger charge is -2.29. The van der Waals surface area contributed by atoms with Crippen LogP contribution in [0.3, 0.4) is 0 Å². The van der Waals surface area contributed by atoms with E-state index < -0.39 is 51.7 Å². The van der Waals surface area contributed by atoms with E-state index >= 15 is 0 Å². The van der Waals surface area contributed by atoms with Crippen LogP contribution in [0.15, 0.2) is 23.3 Å². The fourth-order valence-electron chi connectivity index (χ4n) is 2.85. The van der Waals surface area contributed by atoms with Crippen LogP contribution < -0.4 is 0 Å². The summed E-state index contributed by atoms with van der Waals surface area (Å²) in [5.41, 5.74) is -2.09. The van der Waals surface area contributed by atoms with Gasteiger partial charge in [0.25, 0.3) is 0 Å². The number of ether oxygens (including phenoxy) is 1. The van der Waals surface area contributed by atoms with Gasteiger partial charge in [0.1, 0.15) is 11.6 Å². The average Bonchev–Trinajstić information content (AvgIpc) is 2.59. The standard InChI is InChI=1S/C19H17F4NO2/c1-19(2,3)9-5-6-10(18(25)26-4)11(7-9)13-16(22)14(20)12(8-24)15(21)17(13)23/h6-7,11H,5H2,1-4H3. The Morgan fingerprint density at radius 3 is 2.12 bits per heavy atom. The molecule has 7 heteroatoms. The zero-order chi connectivity index (χ0) is 19.8. The molecule has 0 bridgehead atoms. The molecule has 0 saturated heterocycles. The van der Waals surface area contributed by atoms with Crippen molar-refractivity contribution in [2.24, 2.45) is 5.41 Å². The maximum Gasteiger partial charge on any atom is 0.334 e. The zero-order valence-corrected chi connectivity index (χ0v) is 14.7. The first-order chi connectivity index (χ1) is 12.0. The molecule has 0 N–H and O–H groups in total. The van der Waals surface area contributed by atoms with Crippen LogP contribution in [0.25, 0.3) is 0 Å². The molecule has 26 heavy (non-hydrogen) atoms. The molecule has 0 radical (unpaired) electrons. The van der Waals surface area contributed by atoms with Gasteiger partial charge in [-0.15, -0.1) is 0 Å². The molecule has 0 aliphatic heterocycles. The monoisotopic (exact) mass is 367 g/mol. The lowest BCUT2D eigenvalue weighted by molar-refractivity contribution is -0.136. The number of hydrogen-bond donors (Lipinski definition) is 0. The van der Waals surface area contributed by atoms with E-state index in [9.17, 15) is 22.4 Å². The number of nitrogens with zero attached hydrogens (tertiary/aromatic N) is 1. The van der Waals surface area contributed by atoms with Crippen molar-refractivity contribution in [1.82, 2.24) is 0 Å². The largest absolute Gasteiger partial charge is 0.466 e. The summed E-state index contributed by atoms with van der Waals surface area (Å²) in [6.45, 7) is 5.58. The highest BCUT2D eigenvalue weighted by molar-refractivity contribution is 5.91. The van der Waals surface area contributed by atoms with Crippen molar-refractivity contribution in [2.45, 2.75) is 33.1 Å². The molecule has 1 aliphatic rings. The number of benzene rings is 1. The molecular formula is C19H17F4NO2. The van der Waals surface area contributed by atoms with Gasteiger partial charge in [-0.3, -0.25) is 0 Å². The van der Waals surface area contributed by atoms with E-state index in [0.29, 0.717) is 6.42 Å². The lowest BCUT2D eigenvalue weighted by Crippen LogP contribution is -2.22. The second-order valence-electron chi connectivity index (χ2n) is 6.93. The van der Waals surface area contributed by atoms with Crippen LogP contribution in [0, 0.1) is 40.0 Å². The molecule has 0 amide bonds. The van der Waals surface area contributed by atoms with Crippen LogP contribution in [-0.4, -0.2) is 13.1 Å². The number of allylic oxidation sites excluding steroid dienone is 3. The second-order valence-corrected chi connectivity index (χ2v) is 6.93. The molecule has 0 spiro atoms. The molecule has 1 aromatic rings. The van der Waals surface area contributed by atoms with Crippen molar-refractivity contribution >= 4 is 5.97 Å². The van der Waals surface area contributed by atoms with E-state index in [-0.39, 0.29) is 5.57 Å². The predicted octanol–water partition coefficient (Wildman–Crippen LogP) is 4.67. The number of nitriles is 1.